The molecule has 0 atom stereocenters. The molecule has 20 heavy (non-hydrogen) atoms. The molecule has 1 aliphatic rings. The predicted octanol–water partition coefficient (Wildman–Crippen LogP) is -0.239. The molecule has 1 aromatic rings. The average molecular weight is 410 g/mol. The summed E-state index contributed by atoms with van der Waals surface area (Å²) in [6, 6.07) is 7.28. The predicted molar refractivity (Wildman–Crippen MR) is 83.7 cm³/mol. The molecule has 0 bridgehead atoms. The fraction of sp³-hybridized carbons (Fsp3) is 0.462. The molecule has 0 saturated carbocycles. The zero-order chi connectivity index (χ0) is 14.6. The summed E-state index contributed by atoms with van der Waals surface area (Å²) in [5, 5.41) is 0. The van der Waals surface area contributed by atoms with Gasteiger partial charge in [0.15, 0.2) is 9.84 Å². The Hall–Kier alpha value is -0.670. The van der Waals surface area contributed by atoms with Crippen LogP contribution < -0.4 is 4.90 Å². The molecule has 2 rings (SSSR count). The molecule has 1 fully saturated rings. The smallest absolute Gasteiger partial charge is 0.339 e. The Morgan fingerprint density at radius 2 is 1.90 bits per heavy atom. The third-order valence-electron chi connectivity index (χ3n) is 3.32. The molecule has 1 aliphatic heterocycles. The van der Waals surface area contributed by atoms with E-state index in [-0.39, 0.29) is 17.5 Å². The largest absolute Gasteiger partial charge is 0.456 e. The second kappa shape index (κ2) is 6.86. The zero-order valence-electron chi connectivity index (χ0n) is 11.0. The topological polar surface area (TPSA) is 64.9 Å². The van der Waals surface area contributed by atoms with Gasteiger partial charge in [0.2, 0.25) is 0 Å². The Morgan fingerprint density at radius 3 is 2.55 bits per heavy atom. The zero-order valence-corrected chi connectivity index (χ0v) is 13.9. The van der Waals surface area contributed by atoms with Gasteiger partial charge in [0.25, 0.3) is 0 Å². The molecule has 5 nitrogen and oxygen atoms in total. The molecule has 1 heterocycles. The molecule has 7 heteroatoms. The molecule has 0 amide bonds. The standard InChI is InChI=1S/C13H16INO4S/c14-12-4-2-1-3-11(12)13(16)19-8-5-15-6-9-20(17,18)10-7-15/h1-4H,5-10H2/p+1. The van der Waals surface area contributed by atoms with Crippen molar-refractivity contribution in [2.75, 3.05) is 37.7 Å². The minimum Gasteiger partial charge on any atom is -0.456 e. The Balaban J connectivity index is 1.77. The highest BCUT2D eigenvalue weighted by atomic mass is 127. The van der Waals surface area contributed by atoms with Crippen LogP contribution in [0.2, 0.25) is 0 Å². The van der Waals surface area contributed by atoms with Crippen LogP contribution in [0.1, 0.15) is 10.4 Å². The van der Waals surface area contributed by atoms with Crippen molar-refractivity contribution in [1.82, 2.24) is 0 Å². The number of esters is 1. The van der Waals surface area contributed by atoms with E-state index in [4.69, 9.17) is 4.74 Å². The number of carbonyl (C=O) groups excluding carboxylic acids is 1. The number of benzene rings is 1. The van der Waals surface area contributed by atoms with Crippen molar-refractivity contribution in [2.24, 2.45) is 0 Å². The van der Waals surface area contributed by atoms with E-state index in [1.165, 1.54) is 4.90 Å². The summed E-state index contributed by atoms with van der Waals surface area (Å²) in [5.41, 5.74) is 0.573. The minimum atomic E-state index is -2.84. The van der Waals surface area contributed by atoms with Crippen molar-refractivity contribution < 1.29 is 22.8 Å². The molecule has 0 aliphatic carbocycles. The third-order valence-corrected chi connectivity index (χ3v) is 5.91. The summed E-state index contributed by atoms with van der Waals surface area (Å²) in [7, 11) is -2.84. The van der Waals surface area contributed by atoms with Crippen LogP contribution in [0.4, 0.5) is 0 Å². The molecule has 1 saturated heterocycles. The van der Waals surface area contributed by atoms with Gasteiger partial charge in [-0.3, -0.25) is 0 Å². The van der Waals surface area contributed by atoms with Crippen LogP contribution in [0.15, 0.2) is 24.3 Å². The second-order valence-corrected chi connectivity index (χ2v) is 8.23. The molecular weight excluding hydrogens is 393 g/mol. The van der Waals surface area contributed by atoms with Crippen molar-refractivity contribution in [1.29, 1.82) is 0 Å². The summed E-state index contributed by atoms with van der Waals surface area (Å²) in [6.07, 6.45) is 0. The van der Waals surface area contributed by atoms with Gasteiger partial charge in [0.05, 0.1) is 30.2 Å². The van der Waals surface area contributed by atoms with Crippen molar-refractivity contribution in [3.8, 4) is 0 Å². The van der Waals surface area contributed by atoms with Crippen LogP contribution >= 0.6 is 22.6 Å². The first kappa shape index (κ1) is 15.7. The molecule has 1 aromatic carbocycles. The van der Waals surface area contributed by atoms with Crippen molar-refractivity contribution in [3.63, 3.8) is 0 Å². The van der Waals surface area contributed by atoms with E-state index in [1.807, 2.05) is 12.1 Å². The van der Waals surface area contributed by atoms with Crippen molar-refractivity contribution in [3.05, 3.63) is 33.4 Å². The van der Waals surface area contributed by atoms with Gasteiger partial charge in [-0.2, -0.15) is 0 Å². The third kappa shape index (κ3) is 4.42. The van der Waals surface area contributed by atoms with E-state index in [9.17, 15) is 13.2 Å². The van der Waals surface area contributed by atoms with Gasteiger partial charge in [0, 0.05) is 3.57 Å². The van der Waals surface area contributed by atoms with E-state index in [0.29, 0.717) is 31.8 Å². The molecule has 0 aromatic heterocycles. The molecule has 0 unspecified atom stereocenters. The first-order chi connectivity index (χ1) is 9.48. The van der Waals surface area contributed by atoms with Gasteiger partial charge in [-0.15, -0.1) is 0 Å². The molecule has 0 spiro atoms. The van der Waals surface area contributed by atoms with Crippen molar-refractivity contribution >= 4 is 38.4 Å². The SMILES string of the molecule is O=C(OCC[NH+]1CCS(=O)(=O)CC1)c1ccccc1I. The van der Waals surface area contributed by atoms with Gasteiger partial charge in [-0.25, -0.2) is 13.2 Å². The van der Waals surface area contributed by atoms with Gasteiger partial charge >= 0.3 is 5.97 Å². The Bertz CT molecular complexity index is 574. The summed E-state index contributed by atoms with van der Waals surface area (Å²) >= 11 is 2.10. The summed E-state index contributed by atoms with van der Waals surface area (Å²) in [4.78, 5) is 13.1. The van der Waals surface area contributed by atoms with E-state index in [0.717, 1.165) is 3.57 Å². The number of hydrogen-bond donors (Lipinski definition) is 1. The number of halogens is 1. The first-order valence-corrected chi connectivity index (χ1v) is 9.33. The maximum atomic E-state index is 11.9. The van der Waals surface area contributed by atoms with E-state index in [2.05, 4.69) is 22.6 Å². The number of hydrogen-bond acceptors (Lipinski definition) is 4. The first-order valence-electron chi connectivity index (χ1n) is 6.43. The van der Waals surface area contributed by atoms with E-state index >= 15 is 0 Å². The lowest BCUT2D eigenvalue weighted by Gasteiger charge is -2.23. The fourth-order valence-corrected chi connectivity index (χ4v) is 4.08. The molecule has 110 valence electrons. The average Bonchev–Trinajstić information content (AvgIpc) is 2.41. The van der Waals surface area contributed by atoms with Gasteiger partial charge in [-0.1, -0.05) is 12.1 Å². The number of sulfone groups is 1. The van der Waals surface area contributed by atoms with Gasteiger partial charge in [-0.05, 0) is 34.7 Å². The van der Waals surface area contributed by atoms with Gasteiger partial charge < -0.3 is 9.64 Å². The van der Waals surface area contributed by atoms with E-state index < -0.39 is 9.84 Å². The lowest BCUT2D eigenvalue weighted by atomic mass is 10.2. The monoisotopic (exact) mass is 410 g/mol. The number of carbonyl (C=O) groups is 1. The van der Waals surface area contributed by atoms with Crippen LogP contribution in [-0.2, 0) is 14.6 Å². The maximum Gasteiger partial charge on any atom is 0.339 e. The lowest BCUT2D eigenvalue weighted by molar-refractivity contribution is -0.896. The quantitative estimate of drug-likeness (QED) is 0.550. The summed E-state index contributed by atoms with van der Waals surface area (Å²) in [5.74, 6) is 0.138. The fourth-order valence-electron chi connectivity index (χ4n) is 2.07. The summed E-state index contributed by atoms with van der Waals surface area (Å²) < 4.78 is 28.7. The van der Waals surface area contributed by atoms with Gasteiger partial charge in [0.1, 0.15) is 13.2 Å². The second-order valence-electron chi connectivity index (χ2n) is 4.77. The summed E-state index contributed by atoms with van der Waals surface area (Å²) in [6.45, 7) is 2.18. The van der Waals surface area contributed by atoms with E-state index in [1.54, 1.807) is 12.1 Å². The number of ether oxygens (including phenoxy) is 1. The maximum absolute atomic E-state index is 11.9. The Labute approximate surface area is 132 Å². The van der Waals surface area contributed by atoms with Crippen LogP contribution in [0, 0.1) is 3.57 Å². The van der Waals surface area contributed by atoms with Crippen LogP contribution in [0.5, 0.6) is 0 Å². The Kier molecular flexibility index (Phi) is 5.39. The highest BCUT2D eigenvalue weighted by Gasteiger charge is 2.24. The number of nitrogens with one attached hydrogen (secondary N) is 1. The normalized spacial score (nSPS) is 18.6. The molecular formula is C13H17INO4S+. The molecule has 0 radical (unpaired) electrons. The van der Waals surface area contributed by atoms with Crippen LogP contribution in [0.3, 0.4) is 0 Å². The lowest BCUT2D eigenvalue weighted by Crippen LogP contribution is -3.14. The number of quaternary nitrogens is 1. The molecule has 1 N–H and O–H groups in total. The van der Waals surface area contributed by atoms with Crippen LogP contribution in [0.25, 0.3) is 0 Å². The van der Waals surface area contributed by atoms with Crippen LogP contribution in [-0.4, -0.2) is 52.1 Å². The number of rotatable bonds is 4. The highest BCUT2D eigenvalue weighted by molar-refractivity contribution is 14.1. The Morgan fingerprint density at radius 1 is 1.25 bits per heavy atom. The van der Waals surface area contributed by atoms with Crippen molar-refractivity contribution in [2.45, 2.75) is 0 Å². The minimum absolute atomic E-state index is 0.229. The highest BCUT2D eigenvalue weighted by Crippen LogP contribution is 2.12.